The van der Waals surface area contributed by atoms with E-state index in [1.165, 1.54) is 38.1 Å². The first kappa shape index (κ1) is 53.1. The van der Waals surface area contributed by atoms with Crippen molar-refractivity contribution in [3.05, 3.63) is 65.7 Å². The van der Waals surface area contributed by atoms with Crippen LogP contribution in [-0.2, 0) is 51.2 Å². The number of hydrogen-bond acceptors (Lipinski definition) is 11. The molecule has 0 aromatic heterocycles. The number of phenols is 1. The smallest absolute Gasteiger partial charge is 0.326 e. The number of nitrogens with one attached hydrogen (secondary N) is 6. The number of phenolic OH excluding ortho intramolecular Hbond substituents is 1. The second kappa shape index (κ2) is 27.1. The fourth-order valence-electron chi connectivity index (χ4n) is 6.45. The maximum Gasteiger partial charge on any atom is 0.326 e. The fourth-order valence-corrected chi connectivity index (χ4v) is 6.45. The zero-order valence-electron chi connectivity index (χ0n) is 36.5. The molecule has 0 bridgehead atoms. The number of carboxylic acid groups (broad SMARTS) is 2. The third-order valence-electron chi connectivity index (χ3n) is 10.4. The van der Waals surface area contributed by atoms with Crippen LogP contribution in [0.3, 0.4) is 0 Å². The zero-order valence-corrected chi connectivity index (χ0v) is 36.5. The number of rotatable bonds is 28. The Morgan fingerprint density at radius 1 is 0.540 bits per heavy atom. The van der Waals surface area contributed by atoms with Gasteiger partial charge in [0.2, 0.25) is 35.4 Å². The first-order chi connectivity index (χ1) is 29.8. The van der Waals surface area contributed by atoms with E-state index < -0.39 is 108 Å². The number of aliphatic hydroxyl groups is 2. The van der Waals surface area contributed by atoms with E-state index in [0.717, 1.165) is 25.7 Å². The summed E-state index contributed by atoms with van der Waals surface area (Å²) in [6.45, 7) is 7.95. The minimum absolute atomic E-state index is 0.0781. The van der Waals surface area contributed by atoms with Gasteiger partial charge < -0.3 is 57.4 Å². The maximum absolute atomic E-state index is 13.9. The molecule has 0 fully saturated rings. The largest absolute Gasteiger partial charge is 0.508 e. The lowest BCUT2D eigenvalue weighted by molar-refractivity contribution is -0.143. The third kappa shape index (κ3) is 18.8. The SMILES string of the molecule is CCCCCCCC(=O)N[C@H](C(=O)N[C@H](C(=O)N[C@H](C(=O)N[C@@H](Cc1ccccc1)C(=O)N[C@@H](CC(=O)O)C(=O)N[C@@H](Cc1ccc(O)cc1)C(=O)O)[C@@H](C)O)[C@@H](C)CC)[C@@H](C)O. The van der Waals surface area contributed by atoms with Gasteiger partial charge in [-0.05, 0) is 49.4 Å². The molecule has 2 aromatic carbocycles. The number of aliphatic carboxylic acids is 2. The lowest BCUT2D eigenvalue weighted by Gasteiger charge is -2.30. The first-order valence-corrected chi connectivity index (χ1v) is 21.2. The highest BCUT2D eigenvalue weighted by atomic mass is 16.4. The molecule has 0 saturated carbocycles. The summed E-state index contributed by atoms with van der Waals surface area (Å²) in [6, 6.07) is 4.30. The number of carbonyl (C=O) groups is 8. The second-order valence-corrected chi connectivity index (χ2v) is 15.7. The molecule has 0 saturated heterocycles. The zero-order chi connectivity index (χ0) is 47.2. The average molecular weight is 885 g/mol. The van der Waals surface area contributed by atoms with Gasteiger partial charge in [0.15, 0.2) is 0 Å². The van der Waals surface area contributed by atoms with E-state index in [0.29, 0.717) is 24.0 Å². The number of carbonyl (C=O) groups excluding carboxylic acids is 6. The minimum atomic E-state index is -1.83. The van der Waals surface area contributed by atoms with Crippen LogP contribution >= 0.6 is 0 Å². The summed E-state index contributed by atoms with van der Waals surface area (Å²) in [5.41, 5.74) is 0.921. The average Bonchev–Trinajstić information content (AvgIpc) is 3.23. The number of amides is 6. The van der Waals surface area contributed by atoms with Gasteiger partial charge in [0.05, 0.1) is 18.6 Å². The van der Waals surface area contributed by atoms with E-state index in [-0.39, 0.29) is 25.0 Å². The number of unbranched alkanes of at least 4 members (excludes halogenated alkanes) is 4. The molecule has 6 amide bonds. The second-order valence-electron chi connectivity index (χ2n) is 15.7. The van der Waals surface area contributed by atoms with Crippen molar-refractivity contribution in [2.24, 2.45) is 5.92 Å². The van der Waals surface area contributed by atoms with Crippen molar-refractivity contribution in [3.8, 4) is 5.75 Å². The van der Waals surface area contributed by atoms with Gasteiger partial charge in [-0.25, -0.2) is 4.79 Å². The van der Waals surface area contributed by atoms with Crippen molar-refractivity contribution in [2.45, 2.75) is 147 Å². The molecule has 2 rings (SSSR count). The molecule has 19 nitrogen and oxygen atoms in total. The summed E-state index contributed by atoms with van der Waals surface area (Å²) in [5, 5.41) is 64.7. The van der Waals surface area contributed by atoms with Gasteiger partial charge in [-0.15, -0.1) is 0 Å². The van der Waals surface area contributed by atoms with Crippen LogP contribution in [-0.4, -0.2) is 121 Å². The predicted octanol–water partition coefficient (Wildman–Crippen LogP) is 0.814. The molecule has 0 spiro atoms. The summed E-state index contributed by atoms with van der Waals surface area (Å²) in [5.74, 6) is -9.16. The number of carboxylic acids is 2. The minimum Gasteiger partial charge on any atom is -0.508 e. The number of benzene rings is 2. The van der Waals surface area contributed by atoms with Gasteiger partial charge in [-0.1, -0.05) is 95.3 Å². The van der Waals surface area contributed by atoms with E-state index >= 15 is 0 Å². The highest BCUT2D eigenvalue weighted by Gasteiger charge is 2.37. The van der Waals surface area contributed by atoms with E-state index in [1.807, 2.05) is 0 Å². The predicted molar refractivity (Wildman–Crippen MR) is 230 cm³/mol. The summed E-state index contributed by atoms with van der Waals surface area (Å²) in [4.78, 5) is 105. The third-order valence-corrected chi connectivity index (χ3v) is 10.4. The monoisotopic (exact) mass is 884 g/mol. The molecule has 0 aliphatic heterocycles. The quantitative estimate of drug-likeness (QED) is 0.0528. The lowest BCUT2D eigenvalue weighted by atomic mass is 9.96. The number of hydrogen-bond donors (Lipinski definition) is 11. The Hall–Kier alpha value is -6.08. The van der Waals surface area contributed by atoms with Crippen molar-refractivity contribution in [1.29, 1.82) is 0 Å². The Labute approximate surface area is 367 Å². The van der Waals surface area contributed by atoms with Crippen LogP contribution in [0.1, 0.15) is 97.1 Å². The molecule has 0 radical (unpaired) electrons. The Morgan fingerprint density at radius 2 is 1.02 bits per heavy atom. The van der Waals surface area contributed by atoms with Crippen molar-refractivity contribution in [1.82, 2.24) is 31.9 Å². The van der Waals surface area contributed by atoms with Crippen LogP contribution in [0.15, 0.2) is 54.6 Å². The number of aromatic hydroxyl groups is 1. The van der Waals surface area contributed by atoms with Gasteiger partial charge in [0.25, 0.3) is 0 Å². The molecule has 348 valence electrons. The van der Waals surface area contributed by atoms with Crippen molar-refractivity contribution in [3.63, 3.8) is 0 Å². The molecule has 11 N–H and O–H groups in total. The molecule has 9 atom stereocenters. The van der Waals surface area contributed by atoms with Crippen LogP contribution in [0.4, 0.5) is 0 Å². The van der Waals surface area contributed by atoms with Crippen molar-refractivity contribution in [2.75, 3.05) is 0 Å². The van der Waals surface area contributed by atoms with Crippen LogP contribution in [0.2, 0.25) is 0 Å². The van der Waals surface area contributed by atoms with Gasteiger partial charge in [0.1, 0.15) is 42.0 Å². The topological polar surface area (TPSA) is 310 Å². The van der Waals surface area contributed by atoms with E-state index in [1.54, 1.807) is 44.2 Å². The van der Waals surface area contributed by atoms with Gasteiger partial charge in [-0.3, -0.25) is 33.6 Å². The van der Waals surface area contributed by atoms with Crippen LogP contribution < -0.4 is 31.9 Å². The van der Waals surface area contributed by atoms with Crippen LogP contribution in [0.5, 0.6) is 5.75 Å². The van der Waals surface area contributed by atoms with Gasteiger partial charge >= 0.3 is 11.9 Å². The summed E-state index contributed by atoms with van der Waals surface area (Å²) < 4.78 is 0. The Bertz CT molecular complexity index is 1830. The van der Waals surface area contributed by atoms with Crippen LogP contribution in [0.25, 0.3) is 0 Å². The molecule has 19 heteroatoms. The molecular formula is C44H64N6O13. The van der Waals surface area contributed by atoms with Gasteiger partial charge in [0, 0.05) is 19.3 Å². The molecule has 2 aromatic rings. The normalized spacial score (nSPS) is 15.3. The first-order valence-electron chi connectivity index (χ1n) is 21.2. The Balaban J connectivity index is 2.32. The highest BCUT2D eigenvalue weighted by molar-refractivity contribution is 5.98. The molecule has 0 aliphatic rings. The maximum atomic E-state index is 13.9. The summed E-state index contributed by atoms with van der Waals surface area (Å²) >= 11 is 0. The van der Waals surface area contributed by atoms with Crippen molar-refractivity contribution < 1.29 is 63.9 Å². The van der Waals surface area contributed by atoms with Crippen molar-refractivity contribution >= 4 is 47.4 Å². The Morgan fingerprint density at radius 3 is 1.57 bits per heavy atom. The molecule has 0 unspecified atom stereocenters. The lowest BCUT2D eigenvalue weighted by Crippen LogP contribution is -2.63. The molecular weight excluding hydrogens is 821 g/mol. The standard InChI is InChI=1S/C44H64N6O13/c1-6-8-9-10-14-17-34(54)48-37(26(4)51)43(61)49-36(25(3)7-2)41(59)50-38(27(5)52)42(60)46-31(22-28-15-12-11-13-16-28)39(57)45-32(24-35(55)56)40(58)47-33(44(62)63)23-29-18-20-30(53)21-19-29/h11-13,15-16,18-21,25-27,31-33,36-38,51-53H,6-10,14,17,22-24H2,1-5H3,(H,45,57)(H,46,60)(H,47,58)(H,48,54)(H,49,61)(H,50,59)(H,55,56)(H,62,63)/t25-,26+,27+,31-,32-,33-,36-,37-,38-/m0/s1. The van der Waals surface area contributed by atoms with Gasteiger partial charge in [-0.2, -0.15) is 0 Å². The summed E-state index contributed by atoms with van der Waals surface area (Å²) in [7, 11) is 0. The van der Waals surface area contributed by atoms with E-state index in [9.17, 15) is 63.9 Å². The highest BCUT2D eigenvalue weighted by Crippen LogP contribution is 2.14. The Kier molecular flexibility index (Phi) is 22.8. The molecule has 0 heterocycles. The van der Waals surface area contributed by atoms with E-state index in [4.69, 9.17) is 0 Å². The number of aliphatic hydroxyl groups excluding tert-OH is 2. The summed E-state index contributed by atoms with van der Waals surface area (Å²) in [6.07, 6.45) is 0.494. The molecule has 0 aliphatic carbocycles. The molecule has 63 heavy (non-hydrogen) atoms. The van der Waals surface area contributed by atoms with Crippen LogP contribution in [0, 0.1) is 5.92 Å². The fraction of sp³-hybridized carbons (Fsp3) is 0.545. The van der Waals surface area contributed by atoms with E-state index in [2.05, 4.69) is 38.8 Å².